The van der Waals surface area contributed by atoms with Crippen molar-refractivity contribution in [3.8, 4) is 22.9 Å². The summed E-state index contributed by atoms with van der Waals surface area (Å²) in [5.74, 6) is 0.670. The molecule has 8 nitrogen and oxygen atoms in total. The lowest BCUT2D eigenvalue weighted by atomic mass is 10.0. The first kappa shape index (κ1) is 21.0. The molecule has 0 aliphatic carbocycles. The number of methoxy groups -OCH3 is 1. The van der Waals surface area contributed by atoms with Crippen molar-refractivity contribution in [1.29, 1.82) is 0 Å². The molecule has 0 aliphatic heterocycles. The molecule has 30 heavy (non-hydrogen) atoms. The summed E-state index contributed by atoms with van der Waals surface area (Å²) in [4.78, 5) is 28.7. The minimum absolute atomic E-state index is 0.0287. The molecule has 0 unspecified atom stereocenters. The third-order valence-electron chi connectivity index (χ3n) is 4.39. The van der Waals surface area contributed by atoms with E-state index < -0.39 is 17.9 Å². The smallest absolute Gasteiger partial charge is 0.308 e. The molecule has 1 amide bonds. The van der Waals surface area contributed by atoms with Gasteiger partial charge in [-0.15, -0.1) is 0 Å². The Labute approximate surface area is 174 Å². The normalized spacial score (nSPS) is 11.8. The van der Waals surface area contributed by atoms with Crippen LogP contribution in [0.4, 0.5) is 0 Å². The van der Waals surface area contributed by atoms with Crippen molar-refractivity contribution in [3.05, 3.63) is 60.0 Å². The fourth-order valence-corrected chi connectivity index (χ4v) is 2.85. The summed E-state index contributed by atoms with van der Waals surface area (Å²) in [5, 5.41) is 6.93. The van der Waals surface area contributed by atoms with Gasteiger partial charge in [-0.2, -0.15) is 4.98 Å². The second-order valence-electron chi connectivity index (χ2n) is 6.97. The van der Waals surface area contributed by atoms with E-state index in [2.05, 4.69) is 15.5 Å². The van der Waals surface area contributed by atoms with Crippen molar-refractivity contribution in [2.75, 3.05) is 7.11 Å². The molecule has 1 atom stereocenters. The highest BCUT2D eigenvalue weighted by Gasteiger charge is 2.26. The number of para-hydroxylation sites is 1. The number of aromatic nitrogens is 2. The van der Waals surface area contributed by atoms with Crippen molar-refractivity contribution < 1.29 is 23.6 Å². The molecule has 0 fully saturated rings. The Bertz CT molecular complexity index is 1030. The van der Waals surface area contributed by atoms with Gasteiger partial charge in [0.25, 0.3) is 5.91 Å². The van der Waals surface area contributed by atoms with Gasteiger partial charge in [0.1, 0.15) is 17.5 Å². The summed E-state index contributed by atoms with van der Waals surface area (Å²) in [6.07, 6.45) is 0. The molecule has 1 heterocycles. The maximum atomic E-state index is 12.9. The number of esters is 1. The van der Waals surface area contributed by atoms with E-state index in [0.29, 0.717) is 5.82 Å². The van der Waals surface area contributed by atoms with Gasteiger partial charge in [0.15, 0.2) is 0 Å². The van der Waals surface area contributed by atoms with Crippen LogP contribution < -0.4 is 14.8 Å². The van der Waals surface area contributed by atoms with E-state index in [-0.39, 0.29) is 23.1 Å². The molecule has 2 aromatic carbocycles. The van der Waals surface area contributed by atoms with E-state index in [4.69, 9.17) is 14.0 Å². The number of ether oxygens (including phenoxy) is 2. The lowest BCUT2D eigenvalue weighted by molar-refractivity contribution is -0.131. The van der Waals surface area contributed by atoms with Crippen LogP contribution in [0.2, 0.25) is 0 Å². The summed E-state index contributed by atoms with van der Waals surface area (Å²) >= 11 is 0. The highest BCUT2D eigenvalue weighted by atomic mass is 16.5. The van der Waals surface area contributed by atoms with Crippen LogP contribution in [-0.4, -0.2) is 29.1 Å². The standard InChI is InChI=1S/C22H23N3O5/c1-13(2)19(23-21(27)17-7-5-6-8-18(17)29-14(3)26)22-24-20(25-30-22)15-9-11-16(28-4)12-10-15/h5-13,19H,1-4H3,(H,23,27)/t19-/m0/s1. The maximum absolute atomic E-state index is 12.9. The zero-order valence-corrected chi connectivity index (χ0v) is 17.2. The average molecular weight is 409 g/mol. The molecular formula is C22H23N3O5. The number of hydrogen-bond acceptors (Lipinski definition) is 7. The van der Waals surface area contributed by atoms with Crippen molar-refractivity contribution >= 4 is 11.9 Å². The van der Waals surface area contributed by atoms with E-state index in [1.807, 2.05) is 26.0 Å². The number of rotatable bonds is 7. The number of amides is 1. The van der Waals surface area contributed by atoms with Crippen molar-refractivity contribution in [1.82, 2.24) is 15.5 Å². The predicted octanol–water partition coefficient (Wildman–Crippen LogP) is 3.80. The van der Waals surface area contributed by atoms with Crippen LogP contribution in [0.15, 0.2) is 53.1 Å². The largest absolute Gasteiger partial charge is 0.497 e. The minimum atomic E-state index is -0.526. The number of nitrogens with one attached hydrogen (secondary N) is 1. The SMILES string of the molecule is COc1ccc(-c2noc([C@@H](NC(=O)c3ccccc3OC(C)=O)C(C)C)n2)cc1. The lowest BCUT2D eigenvalue weighted by Gasteiger charge is -2.19. The summed E-state index contributed by atoms with van der Waals surface area (Å²) < 4.78 is 15.7. The van der Waals surface area contributed by atoms with Crippen molar-refractivity contribution in [3.63, 3.8) is 0 Å². The second kappa shape index (κ2) is 9.21. The highest BCUT2D eigenvalue weighted by Crippen LogP contribution is 2.26. The van der Waals surface area contributed by atoms with E-state index in [9.17, 15) is 9.59 Å². The fraction of sp³-hybridized carbons (Fsp3) is 0.273. The Balaban J connectivity index is 1.83. The van der Waals surface area contributed by atoms with Crippen LogP contribution in [0, 0.1) is 5.92 Å². The zero-order valence-electron chi connectivity index (χ0n) is 17.2. The molecule has 1 aromatic heterocycles. The monoisotopic (exact) mass is 409 g/mol. The number of carbonyl (C=O) groups excluding carboxylic acids is 2. The molecule has 3 aromatic rings. The molecule has 156 valence electrons. The molecule has 0 bridgehead atoms. The molecule has 0 saturated heterocycles. The number of benzene rings is 2. The van der Waals surface area contributed by atoms with E-state index in [1.54, 1.807) is 43.5 Å². The quantitative estimate of drug-likeness (QED) is 0.467. The Morgan fingerprint density at radius 2 is 1.77 bits per heavy atom. The Hall–Kier alpha value is -3.68. The second-order valence-corrected chi connectivity index (χ2v) is 6.97. The number of hydrogen-bond donors (Lipinski definition) is 1. The first-order chi connectivity index (χ1) is 14.4. The summed E-state index contributed by atoms with van der Waals surface area (Å²) in [6, 6.07) is 13.3. The molecule has 8 heteroatoms. The zero-order chi connectivity index (χ0) is 21.7. The first-order valence-electron chi connectivity index (χ1n) is 9.45. The van der Waals surface area contributed by atoms with Crippen LogP contribution in [0.3, 0.4) is 0 Å². The number of nitrogens with zero attached hydrogens (tertiary/aromatic N) is 2. The van der Waals surface area contributed by atoms with Gasteiger partial charge in [-0.25, -0.2) is 0 Å². The van der Waals surface area contributed by atoms with Crippen molar-refractivity contribution in [2.24, 2.45) is 5.92 Å². The maximum Gasteiger partial charge on any atom is 0.308 e. The molecule has 0 aliphatic rings. The Morgan fingerprint density at radius 3 is 2.40 bits per heavy atom. The van der Waals surface area contributed by atoms with Gasteiger partial charge in [0.2, 0.25) is 11.7 Å². The van der Waals surface area contributed by atoms with Crippen LogP contribution >= 0.6 is 0 Å². The molecule has 3 rings (SSSR count). The van der Waals surface area contributed by atoms with Crippen LogP contribution in [0.5, 0.6) is 11.5 Å². The van der Waals surface area contributed by atoms with Gasteiger partial charge in [-0.3, -0.25) is 9.59 Å². The third-order valence-corrected chi connectivity index (χ3v) is 4.39. The number of carbonyl (C=O) groups is 2. The first-order valence-corrected chi connectivity index (χ1v) is 9.45. The molecule has 0 saturated carbocycles. The van der Waals surface area contributed by atoms with Gasteiger partial charge < -0.3 is 19.3 Å². The van der Waals surface area contributed by atoms with Crippen LogP contribution in [0.25, 0.3) is 11.4 Å². The predicted molar refractivity (Wildman–Crippen MR) is 109 cm³/mol. The summed E-state index contributed by atoms with van der Waals surface area (Å²) in [6.45, 7) is 5.14. The molecule has 0 spiro atoms. The van der Waals surface area contributed by atoms with Crippen LogP contribution in [0.1, 0.15) is 43.1 Å². The topological polar surface area (TPSA) is 104 Å². The van der Waals surface area contributed by atoms with E-state index >= 15 is 0 Å². The Kier molecular flexibility index (Phi) is 6.46. The van der Waals surface area contributed by atoms with Crippen LogP contribution in [-0.2, 0) is 4.79 Å². The third kappa shape index (κ3) is 4.83. The molecular weight excluding hydrogens is 386 g/mol. The molecule has 0 radical (unpaired) electrons. The van der Waals surface area contributed by atoms with Gasteiger partial charge in [0.05, 0.1) is 12.7 Å². The van der Waals surface area contributed by atoms with Gasteiger partial charge in [-0.05, 0) is 42.3 Å². The van der Waals surface area contributed by atoms with Gasteiger partial charge >= 0.3 is 5.97 Å². The summed E-state index contributed by atoms with van der Waals surface area (Å²) in [5.41, 5.74) is 1.01. The molecule has 1 N–H and O–H groups in total. The van der Waals surface area contributed by atoms with Gasteiger partial charge in [0, 0.05) is 12.5 Å². The highest BCUT2D eigenvalue weighted by molar-refractivity contribution is 5.97. The van der Waals surface area contributed by atoms with Gasteiger partial charge in [-0.1, -0.05) is 31.1 Å². The fourth-order valence-electron chi connectivity index (χ4n) is 2.85. The Morgan fingerprint density at radius 1 is 1.07 bits per heavy atom. The van der Waals surface area contributed by atoms with E-state index in [0.717, 1.165) is 11.3 Å². The minimum Gasteiger partial charge on any atom is -0.497 e. The van der Waals surface area contributed by atoms with Crippen molar-refractivity contribution in [2.45, 2.75) is 26.8 Å². The van der Waals surface area contributed by atoms with E-state index in [1.165, 1.54) is 6.92 Å². The lowest BCUT2D eigenvalue weighted by Crippen LogP contribution is -2.32. The average Bonchev–Trinajstić information content (AvgIpc) is 3.21. The summed E-state index contributed by atoms with van der Waals surface area (Å²) in [7, 11) is 1.59.